The fourth-order valence-corrected chi connectivity index (χ4v) is 2.37. The number of rotatable bonds is 3. The third-order valence-corrected chi connectivity index (χ3v) is 3.61. The van der Waals surface area contributed by atoms with E-state index >= 15 is 0 Å². The summed E-state index contributed by atoms with van der Waals surface area (Å²) in [6.07, 6.45) is 4.34. The third-order valence-electron chi connectivity index (χ3n) is 3.61. The minimum Gasteiger partial charge on any atom is -0.330 e. The van der Waals surface area contributed by atoms with Gasteiger partial charge in [0.15, 0.2) is 0 Å². The maximum absolute atomic E-state index is 13.6. The lowest BCUT2D eigenvalue weighted by atomic mass is 9.65. The van der Waals surface area contributed by atoms with E-state index in [2.05, 4.69) is 0 Å². The van der Waals surface area contributed by atoms with Crippen molar-refractivity contribution in [1.29, 1.82) is 0 Å². The number of aryl methyl sites for hydroxylation is 1. The van der Waals surface area contributed by atoms with E-state index in [4.69, 9.17) is 5.73 Å². The molecular weight excluding hydrogens is 189 g/mol. The largest absolute Gasteiger partial charge is 0.330 e. The first-order valence-electron chi connectivity index (χ1n) is 5.60. The van der Waals surface area contributed by atoms with E-state index < -0.39 is 0 Å². The van der Waals surface area contributed by atoms with E-state index in [9.17, 15) is 4.39 Å². The quantitative estimate of drug-likeness (QED) is 0.810. The minimum atomic E-state index is -0.0830. The third kappa shape index (κ3) is 2.05. The summed E-state index contributed by atoms with van der Waals surface area (Å²) in [4.78, 5) is 0. The number of hydrogen-bond donors (Lipinski definition) is 1. The molecule has 0 bridgehead atoms. The van der Waals surface area contributed by atoms with Gasteiger partial charge in [-0.3, -0.25) is 0 Å². The maximum atomic E-state index is 13.6. The van der Waals surface area contributed by atoms with Gasteiger partial charge in [0, 0.05) is 0 Å². The minimum absolute atomic E-state index is 0.0830. The molecule has 1 saturated carbocycles. The summed E-state index contributed by atoms with van der Waals surface area (Å²) < 4.78 is 13.6. The van der Waals surface area contributed by atoms with E-state index in [1.54, 1.807) is 6.07 Å². The summed E-state index contributed by atoms with van der Waals surface area (Å²) in [6, 6.07) is 5.33. The van der Waals surface area contributed by atoms with Crippen LogP contribution in [-0.4, -0.2) is 6.54 Å². The Morgan fingerprint density at radius 2 is 2.13 bits per heavy atom. The highest BCUT2D eigenvalue weighted by Gasteiger charge is 2.36. The van der Waals surface area contributed by atoms with Gasteiger partial charge in [0.1, 0.15) is 5.82 Å². The molecule has 15 heavy (non-hydrogen) atoms. The summed E-state index contributed by atoms with van der Waals surface area (Å²) in [7, 11) is 0. The first-order chi connectivity index (χ1) is 7.15. The Morgan fingerprint density at radius 1 is 1.40 bits per heavy atom. The number of nitrogens with two attached hydrogens (primary N) is 1. The molecule has 2 rings (SSSR count). The molecule has 1 fully saturated rings. The first kappa shape index (κ1) is 10.6. The second-order valence-corrected chi connectivity index (χ2v) is 4.83. The van der Waals surface area contributed by atoms with Gasteiger partial charge < -0.3 is 5.73 Å². The molecule has 0 unspecified atom stereocenters. The van der Waals surface area contributed by atoms with Gasteiger partial charge in [0.2, 0.25) is 0 Å². The highest BCUT2D eigenvalue weighted by Crippen LogP contribution is 2.43. The molecule has 0 saturated heterocycles. The molecule has 2 heteroatoms. The van der Waals surface area contributed by atoms with Crippen LogP contribution in [0.25, 0.3) is 0 Å². The first-order valence-corrected chi connectivity index (χ1v) is 5.60. The molecule has 0 amide bonds. The lowest BCUT2D eigenvalue weighted by molar-refractivity contribution is 0.143. The Hall–Kier alpha value is -0.890. The average molecular weight is 207 g/mol. The van der Waals surface area contributed by atoms with E-state index in [1.807, 2.05) is 19.1 Å². The number of hydrogen-bond acceptors (Lipinski definition) is 1. The van der Waals surface area contributed by atoms with Crippen molar-refractivity contribution < 1.29 is 4.39 Å². The van der Waals surface area contributed by atoms with Gasteiger partial charge in [-0.25, -0.2) is 4.39 Å². The molecule has 0 aliphatic heterocycles. The van der Waals surface area contributed by atoms with E-state index in [-0.39, 0.29) is 11.2 Å². The molecule has 0 radical (unpaired) electrons. The molecule has 0 heterocycles. The maximum Gasteiger partial charge on any atom is 0.126 e. The lowest BCUT2D eigenvalue weighted by Gasteiger charge is -2.41. The second kappa shape index (κ2) is 3.93. The van der Waals surface area contributed by atoms with Gasteiger partial charge in [-0.2, -0.15) is 0 Å². The highest BCUT2D eigenvalue weighted by molar-refractivity contribution is 5.25. The Bertz CT molecular complexity index is 350. The van der Waals surface area contributed by atoms with Crippen LogP contribution in [0, 0.1) is 18.2 Å². The summed E-state index contributed by atoms with van der Waals surface area (Å²) in [5.74, 6) is -0.0830. The molecule has 1 nitrogen and oxygen atoms in total. The summed E-state index contributed by atoms with van der Waals surface area (Å²) >= 11 is 0. The standard InChI is InChI=1S/C13H18FN/c1-10-3-4-12(14)11(7-10)8-13(9-15)5-2-6-13/h3-4,7H,2,5-6,8-9,15H2,1H3. The van der Waals surface area contributed by atoms with E-state index in [0.717, 1.165) is 30.4 Å². The van der Waals surface area contributed by atoms with Gasteiger partial charge in [-0.15, -0.1) is 0 Å². The zero-order valence-electron chi connectivity index (χ0n) is 9.22. The van der Waals surface area contributed by atoms with Crippen molar-refractivity contribution in [1.82, 2.24) is 0 Å². The fourth-order valence-electron chi connectivity index (χ4n) is 2.37. The zero-order chi connectivity index (χ0) is 10.9. The van der Waals surface area contributed by atoms with Gasteiger partial charge in [-0.1, -0.05) is 24.1 Å². The lowest BCUT2D eigenvalue weighted by Crippen LogP contribution is -2.39. The van der Waals surface area contributed by atoms with Crippen molar-refractivity contribution >= 4 is 0 Å². The van der Waals surface area contributed by atoms with Crippen LogP contribution >= 0.6 is 0 Å². The molecule has 1 aromatic carbocycles. The van der Waals surface area contributed by atoms with E-state index in [1.165, 1.54) is 6.42 Å². The summed E-state index contributed by atoms with van der Waals surface area (Å²) in [5, 5.41) is 0. The monoisotopic (exact) mass is 207 g/mol. The molecule has 2 N–H and O–H groups in total. The predicted molar refractivity (Wildman–Crippen MR) is 60.2 cm³/mol. The average Bonchev–Trinajstić information content (AvgIpc) is 2.17. The SMILES string of the molecule is Cc1ccc(F)c(CC2(CN)CCC2)c1. The van der Waals surface area contributed by atoms with Gasteiger partial charge in [0.05, 0.1) is 0 Å². The van der Waals surface area contributed by atoms with Crippen molar-refractivity contribution in [2.24, 2.45) is 11.1 Å². The van der Waals surface area contributed by atoms with Crippen LogP contribution in [0.5, 0.6) is 0 Å². The normalized spacial score (nSPS) is 18.6. The van der Waals surface area contributed by atoms with Crippen LogP contribution in [0.2, 0.25) is 0 Å². The van der Waals surface area contributed by atoms with Crippen LogP contribution in [0.4, 0.5) is 4.39 Å². The molecule has 1 aliphatic rings. The Kier molecular flexibility index (Phi) is 2.79. The van der Waals surface area contributed by atoms with Crippen LogP contribution < -0.4 is 5.73 Å². The Balaban J connectivity index is 2.19. The van der Waals surface area contributed by atoms with Crippen molar-refractivity contribution in [3.8, 4) is 0 Å². The Morgan fingerprint density at radius 3 is 2.67 bits per heavy atom. The van der Waals surface area contributed by atoms with Crippen molar-refractivity contribution in [3.05, 3.63) is 35.1 Å². The van der Waals surface area contributed by atoms with Crippen LogP contribution in [0.3, 0.4) is 0 Å². The molecule has 0 aromatic heterocycles. The number of halogens is 1. The van der Waals surface area contributed by atoms with Crippen molar-refractivity contribution in [2.75, 3.05) is 6.54 Å². The molecule has 1 aromatic rings. The molecule has 0 atom stereocenters. The summed E-state index contributed by atoms with van der Waals surface area (Å²) in [5.41, 5.74) is 7.93. The predicted octanol–water partition coefficient (Wildman–Crippen LogP) is 2.81. The van der Waals surface area contributed by atoms with E-state index in [0.29, 0.717) is 6.54 Å². The van der Waals surface area contributed by atoms with Crippen LogP contribution in [-0.2, 0) is 6.42 Å². The second-order valence-electron chi connectivity index (χ2n) is 4.83. The zero-order valence-corrected chi connectivity index (χ0v) is 9.22. The van der Waals surface area contributed by atoms with Gasteiger partial charge in [0.25, 0.3) is 0 Å². The summed E-state index contributed by atoms with van der Waals surface area (Å²) in [6.45, 7) is 2.68. The van der Waals surface area contributed by atoms with Crippen LogP contribution in [0.15, 0.2) is 18.2 Å². The topological polar surface area (TPSA) is 26.0 Å². The number of benzene rings is 1. The van der Waals surface area contributed by atoms with Gasteiger partial charge in [-0.05, 0) is 49.8 Å². The van der Waals surface area contributed by atoms with Crippen molar-refractivity contribution in [2.45, 2.75) is 32.6 Å². The van der Waals surface area contributed by atoms with Crippen LogP contribution in [0.1, 0.15) is 30.4 Å². The van der Waals surface area contributed by atoms with Gasteiger partial charge >= 0.3 is 0 Å². The highest BCUT2D eigenvalue weighted by atomic mass is 19.1. The smallest absolute Gasteiger partial charge is 0.126 e. The Labute approximate surface area is 90.5 Å². The molecular formula is C13H18FN. The molecule has 1 aliphatic carbocycles. The molecule has 82 valence electrons. The van der Waals surface area contributed by atoms with Crippen molar-refractivity contribution in [3.63, 3.8) is 0 Å². The fraction of sp³-hybridized carbons (Fsp3) is 0.538. The molecule has 0 spiro atoms.